The Morgan fingerprint density at radius 1 is 0.850 bits per heavy atom. The molecule has 1 aliphatic carbocycles. The first-order valence-electron chi connectivity index (χ1n) is 20.3. The number of carbonyl (C=O) groups excluding carboxylic acids is 7. The number of carboxylic acid groups (broad SMARTS) is 1. The van der Waals surface area contributed by atoms with Crippen LogP contribution < -0.4 is 37.1 Å². The lowest BCUT2D eigenvalue weighted by Gasteiger charge is -2.33. The zero-order chi connectivity index (χ0) is 44.7. The summed E-state index contributed by atoms with van der Waals surface area (Å²) < 4.78 is 4.74. The monoisotopic (exact) mass is 879 g/mol. The molecule has 0 aromatic heterocycles. The molecule has 8 atom stereocenters. The summed E-state index contributed by atoms with van der Waals surface area (Å²) in [6.45, 7) is 4.82. The first kappa shape index (κ1) is 49.8. The molecule has 60 heavy (non-hydrogen) atoms. The summed E-state index contributed by atoms with van der Waals surface area (Å²) in [4.78, 5) is 107. The lowest BCUT2D eigenvalue weighted by molar-refractivity contribution is -0.149. The summed E-state index contributed by atoms with van der Waals surface area (Å²) in [6, 6.07) is -1.28. The number of carboxylic acids is 1. The maximum Gasteiger partial charge on any atom is 0.326 e. The van der Waals surface area contributed by atoms with Crippen LogP contribution in [0.15, 0.2) is 24.3 Å². The van der Waals surface area contributed by atoms with Gasteiger partial charge in [0.15, 0.2) is 0 Å². The van der Waals surface area contributed by atoms with Crippen molar-refractivity contribution in [2.75, 3.05) is 19.4 Å². The van der Waals surface area contributed by atoms with Crippen LogP contribution in [-0.4, -0.2) is 129 Å². The van der Waals surface area contributed by atoms with Gasteiger partial charge in [-0.05, 0) is 56.2 Å². The Morgan fingerprint density at radius 3 is 1.98 bits per heavy atom. The van der Waals surface area contributed by atoms with Gasteiger partial charge in [0.1, 0.15) is 42.0 Å². The van der Waals surface area contributed by atoms with Crippen LogP contribution in [0.25, 0.3) is 0 Å². The third-order valence-corrected chi connectivity index (χ3v) is 12.0. The molecule has 0 radical (unpaired) electrons. The number of primary amides is 1. The van der Waals surface area contributed by atoms with Crippen molar-refractivity contribution in [3.63, 3.8) is 0 Å². The lowest BCUT2D eigenvalue weighted by atomic mass is 9.85. The summed E-state index contributed by atoms with van der Waals surface area (Å²) in [5.74, 6) is -7.16. The molecule has 18 nitrogen and oxygen atoms in total. The normalized spacial score (nSPS) is 19.5. The number of thiol groups is 2. The molecular formula is C40H61N7O11S2. The van der Waals surface area contributed by atoms with Crippen LogP contribution in [0.4, 0.5) is 0 Å². The second kappa shape index (κ2) is 23.4. The Morgan fingerprint density at radius 2 is 1.43 bits per heavy atom. The van der Waals surface area contributed by atoms with E-state index in [0.29, 0.717) is 24.2 Å². The van der Waals surface area contributed by atoms with Crippen molar-refractivity contribution < 1.29 is 53.3 Å². The molecule has 9 N–H and O–H groups in total. The number of rotatable bonds is 22. The molecule has 0 unspecified atom stereocenters. The number of amides is 7. The number of benzene rings is 1. The Kier molecular flexibility index (Phi) is 19.5. The fraction of sp³-hybridized carbons (Fsp3) is 0.650. The lowest BCUT2D eigenvalue weighted by Crippen LogP contribution is -2.62. The van der Waals surface area contributed by atoms with Gasteiger partial charge in [0.05, 0.1) is 19.6 Å². The maximum absolute atomic E-state index is 14.1. The molecule has 1 saturated carbocycles. The number of nitrogens with zero attached hydrogens (tertiary/aromatic N) is 1. The van der Waals surface area contributed by atoms with Gasteiger partial charge in [0.25, 0.3) is 0 Å². The van der Waals surface area contributed by atoms with Crippen LogP contribution in [0.5, 0.6) is 5.75 Å². The smallest absolute Gasteiger partial charge is 0.326 e. The van der Waals surface area contributed by atoms with Crippen molar-refractivity contribution in [2.24, 2.45) is 11.7 Å². The van der Waals surface area contributed by atoms with Gasteiger partial charge < -0.3 is 52.2 Å². The summed E-state index contributed by atoms with van der Waals surface area (Å²) in [5.41, 5.74) is 6.08. The second-order valence-corrected chi connectivity index (χ2v) is 17.0. The maximum atomic E-state index is 14.1. The number of aliphatic hydroxyl groups is 1. The largest absolute Gasteiger partial charge is 0.497 e. The van der Waals surface area contributed by atoms with E-state index >= 15 is 0 Å². The topological polar surface area (TPSA) is 276 Å². The SMILES string of the molecule is CC[C@H](C)[C@H](NC(=O)[C@H](Cc1ccc(OC)cc1)NC(=O)CC1(S)CCCCC1)C(=O)N[C@H](C(=O)N[C@@H](CC(N)=O)C(=O)N[C@@H](CS)C(=O)N1CCC[C@H]1C(=O)O)[C@@H](C)O. The Labute approximate surface area is 361 Å². The van der Waals surface area contributed by atoms with Crippen LogP contribution in [0.1, 0.15) is 90.5 Å². The van der Waals surface area contributed by atoms with E-state index in [9.17, 15) is 48.6 Å². The zero-order valence-electron chi connectivity index (χ0n) is 34.6. The van der Waals surface area contributed by atoms with E-state index in [1.165, 1.54) is 14.0 Å². The van der Waals surface area contributed by atoms with Crippen molar-refractivity contribution in [1.82, 2.24) is 31.5 Å². The van der Waals surface area contributed by atoms with Gasteiger partial charge in [-0.3, -0.25) is 33.6 Å². The van der Waals surface area contributed by atoms with Crippen molar-refractivity contribution in [3.05, 3.63) is 29.8 Å². The molecule has 2 aliphatic rings. The highest BCUT2D eigenvalue weighted by Crippen LogP contribution is 2.36. The Balaban J connectivity index is 1.80. The predicted octanol–water partition coefficient (Wildman–Crippen LogP) is -0.00780. The van der Waals surface area contributed by atoms with E-state index in [4.69, 9.17) is 23.1 Å². The average molecular weight is 880 g/mol. The number of methoxy groups -OCH3 is 1. The molecule has 7 amide bonds. The highest BCUT2D eigenvalue weighted by molar-refractivity contribution is 7.81. The van der Waals surface area contributed by atoms with Gasteiger partial charge in [-0.2, -0.15) is 25.3 Å². The fourth-order valence-corrected chi connectivity index (χ4v) is 8.07. The number of likely N-dealkylation sites (tertiary alicyclic amines) is 1. The minimum absolute atomic E-state index is 0.0653. The third kappa shape index (κ3) is 14.6. The van der Waals surface area contributed by atoms with Crippen molar-refractivity contribution in [1.29, 1.82) is 0 Å². The van der Waals surface area contributed by atoms with Gasteiger partial charge in [0.2, 0.25) is 41.4 Å². The van der Waals surface area contributed by atoms with Crippen LogP contribution >= 0.6 is 25.3 Å². The van der Waals surface area contributed by atoms with Gasteiger partial charge in [-0.15, -0.1) is 0 Å². The summed E-state index contributed by atoms with van der Waals surface area (Å²) >= 11 is 8.95. The molecule has 0 spiro atoms. The van der Waals surface area contributed by atoms with E-state index < -0.39 is 101 Å². The number of aliphatic hydroxyl groups excluding tert-OH is 1. The van der Waals surface area contributed by atoms with Crippen LogP contribution in [-0.2, 0) is 44.8 Å². The number of nitrogens with two attached hydrogens (primary N) is 1. The number of hydrogen-bond donors (Lipinski definition) is 10. The minimum Gasteiger partial charge on any atom is -0.497 e. The first-order valence-corrected chi connectivity index (χ1v) is 21.4. The minimum atomic E-state index is -1.72. The molecule has 0 bridgehead atoms. The van der Waals surface area contributed by atoms with Crippen LogP contribution in [0.2, 0.25) is 0 Å². The Bertz CT molecular complexity index is 1690. The molecule has 1 aromatic rings. The van der Waals surface area contributed by atoms with Crippen LogP contribution in [0, 0.1) is 5.92 Å². The third-order valence-electron chi connectivity index (χ3n) is 11.0. The van der Waals surface area contributed by atoms with E-state index in [1.54, 1.807) is 38.1 Å². The number of ether oxygens (including phenoxy) is 1. The van der Waals surface area contributed by atoms with Gasteiger partial charge in [0, 0.05) is 29.9 Å². The molecule has 1 heterocycles. The zero-order valence-corrected chi connectivity index (χ0v) is 36.4. The van der Waals surface area contributed by atoms with Gasteiger partial charge in [-0.25, -0.2) is 4.79 Å². The van der Waals surface area contributed by atoms with Crippen LogP contribution in [0.3, 0.4) is 0 Å². The van der Waals surface area contributed by atoms with Crippen molar-refractivity contribution >= 4 is 72.6 Å². The summed E-state index contributed by atoms with van der Waals surface area (Å²) in [5, 5.41) is 33.0. The highest BCUT2D eigenvalue weighted by Gasteiger charge is 2.40. The number of hydrogen-bond acceptors (Lipinski definition) is 12. The van der Waals surface area contributed by atoms with Gasteiger partial charge >= 0.3 is 5.97 Å². The number of carbonyl (C=O) groups is 8. The molecule has 1 aromatic carbocycles. The molecule has 3 rings (SSSR count). The average Bonchev–Trinajstić information content (AvgIpc) is 3.70. The molecular weight excluding hydrogens is 819 g/mol. The first-order chi connectivity index (χ1) is 28.3. The van der Waals surface area contributed by atoms with Crippen molar-refractivity contribution in [2.45, 2.75) is 139 Å². The van der Waals surface area contributed by atoms with E-state index in [0.717, 1.165) is 37.0 Å². The predicted molar refractivity (Wildman–Crippen MR) is 227 cm³/mol. The molecule has 1 aliphatic heterocycles. The number of aliphatic carboxylic acids is 1. The molecule has 2 fully saturated rings. The number of nitrogens with one attached hydrogen (secondary N) is 5. The Hall–Kier alpha value is -4.56. The highest BCUT2D eigenvalue weighted by atomic mass is 32.1. The summed E-state index contributed by atoms with van der Waals surface area (Å²) in [7, 11) is 1.52. The molecule has 20 heteroatoms. The molecule has 334 valence electrons. The summed E-state index contributed by atoms with van der Waals surface area (Å²) in [6.07, 6.45) is 3.34. The van der Waals surface area contributed by atoms with E-state index in [1.807, 2.05) is 0 Å². The van der Waals surface area contributed by atoms with E-state index in [2.05, 4.69) is 39.2 Å². The standard InChI is InChI=1S/C40H61N7O11S2/c1-5-22(2)32(45-35(52)26(18-24-11-13-25(58-4)14-12-24)42-31(50)20-40(60)15-7-6-8-16-40)36(53)46-33(23(3)48)37(54)43-27(19-30(41)49)34(51)44-28(21-59)38(55)47-17-9-10-29(47)39(56)57/h11-14,22-23,26-29,32-33,48,59-60H,5-10,15-21H2,1-4H3,(H2,41,49)(H,42,50)(H,43,54)(H,44,51)(H,45,52)(H,46,53)(H,56,57)/t22-,23+,26-,27-,28-,29-,32-,33-/m0/s1. The second-order valence-electron chi connectivity index (χ2n) is 15.7. The van der Waals surface area contributed by atoms with Gasteiger partial charge in [-0.1, -0.05) is 51.7 Å². The molecule has 1 saturated heterocycles. The van der Waals surface area contributed by atoms with Crippen molar-refractivity contribution in [3.8, 4) is 5.75 Å². The quantitative estimate of drug-likeness (QED) is 0.0693. The fourth-order valence-electron chi connectivity index (χ4n) is 7.36. The van der Waals surface area contributed by atoms with E-state index in [-0.39, 0.29) is 37.5 Å².